The van der Waals surface area contributed by atoms with E-state index in [1.807, 2.05) is 42.5 Å². The van der Waals surface area contributed by atoms with Crippen LogP contribution in [0.2, 0.25) is 0 Å². The number of benzene rings is 1. The first-order valence-corrected chi connectivity index (χ1v) is 7.69. The molecule has 2 aliphatic rings. The van der Waals surface area contributed by atoms with E-state index in [2.05, 4.69) is 36.4 Å². The van der Waals surface area contributed by atoms with Crippen LogP contribution in [0.3, 0.4) is 0 Å². The molecule has 0 aromatic heterocycles. The summed E-state index contributed by atoms with van der Waals surface area (Å²) in [7, 11) is -0.187. The molecule has 0 radical (unpaired) electrons. The van der Waals surface area contributed by atoms with Crippen molar-refractivity contribution < 1.29 is 26.4 Å². The van der Waals surface area contributed by atoms with Crippen LogP contribution in [0.15, 0.2) is 78.9 Å². The molecule has 2 atom stereocenters. The summed E-state index contributed by atoms with van der Waals surface area (Å²) in [5.74, 6) is 0. The van der Waals surface area contributed by atoms with Gasteiger partial charge < -0.3 is 9.31 Å². The largest absolute Gasteiger partial charge is 0.412 e. The Hall–Kier alpha value is -1.58. The summed E-state index contributed by atoms with van der Waals surface area (Å²) in [6.45, 7) is 0. The van der Waals surface area contributed by atoms with Gasteiger partial charge in [0.25, 0.3) is 0 Å². The van der Waals surface area contributed by atoms with Gasteiger partial charge in [-0.2, -0.15) is 41.9 Å². The van der Waals surface area contributed by atoms with Gasteiger partial charge in [-0.1, -0.05) is 24.3 Å². The summed E-state index contributed by atoms with van der Waals surface area (Å²) in [4.78, 5) is 0. The van der Waals surface area contributed by atoms with Gasteiger partial charge in [-0.25, -0.2) is 18.2 Å². The standard InChI is InChI=1S/C14H12BO2.C5H5.Fe/c1-4-8-12-10(5-1)9-13-14(12)17-15(16-13)11-6-2-3-7-11;1-2-4-5-3-1;/h1-8,13-14H,9H2;1-5H;/q2*-1;/t13-,14+;;/m1../s1. The van der Waals surface area contributed by atoms with Gasteiger partial charge in [0.15, 0.2) is 0 Å². The summed E-state index contributed by atoms with van der Waals surface area (Å²) in [5.41, 5.74) is 3.78. The van der Waals surface area contributed by atoms with E-state index in [-0.39, 0.29) is 36.4 Å². The maximum atomic E-state index is 6.03. The Morgan fingerprint density at radius 2 is 1.74 bits per heavy atom. The third kappa shape index (κ3) is 3.36. The molecular formula is C19H17BFeO2-2. The van der Waals surface area contributed by atoms with Crippen molar-refractivity contribution in [3.8, 4) is 0 Å². The predicted molar refractivity (Wildman–Crippen MR) is 88.3 cm³/mol. The fraction of sp³-hybridized carbons (Fsp3) is 0.158. The molecule has 1 saturated heterocycles. The molecule has 0 bridgehead atoms. The predicted octanol–water partition coefficient (Wildman–Crippen LogP) is 3.22. The Labute approximate surface area is 147 Å². The van der Waals surface area contributed by atoms with E-state index in [1.54, 1.807) is 0 Å². The van der Waals surface area contributed by atoms with Crippen molar-refractivity contribution in [2.45, 2.75) is 18.6 Å². The molecule has 0 spiro atoms. The van der Waals surface area contributed by atoms with Gasteiger partial charge in [-0.3, -0.25) is 0 Å². The van der Waals surface area contributed by atoms with Crippen LogP contribution in [-0.2, 0) is 32.8 Å². The normalized spacial score (nSPS) is 21.0. The molecule has 1 fully saturated rings. The first-order valence-electron chi connectivity index (χ1n) is 7.69. The molecule has 1 aliphatic heterocycles. The molecule has 23 heavy (non-hydrogen) atoms. The third-order valence-electron chi connectivity index (χ3n) is 4.21. The second-order valence-corrected chi connectivity index (χ2v) is 5.65. The van der Waals surface area contributed by atoms with Crippen molar-refractivity contribution in [1.82, 2.24) is 0 Å². The Morgan fingerprint density at radius 3 is 2.43 bits per heavy atom. The van der Waals surface area contributed by atoms with Gasteiger partial charge in [0, 0.05) is 23.5 Å². The van der Waals surface area contributed by atoms with Crippen LogP contribution in [0.5, 0.6) is 0 Å². The molecule has 1 aliphatic carbocycles. The third-order valence-corrected chi connectivity index (χ3v) is 4.21. The van der Waals surface area contributed by atoms with E-state index in [0.717, 1.165) is 11.9 Å². The van der Waals surface area contributed by atoms with Crippen LogP contribution >= 0.6 is 0 Å². The quantitative estimate of drug-likeness (QED) is 0.499. The average molecular weight is 344 g/mol. The first kappa shape index (κ1) is 16.3. The number of hydrogen-bond donors (Lipinski definition) is 0. The van der Waals surface area contributed by atoms with Crippen LogP contribution in [0.1, 0.15) is 17.2 Å². The Balaban J connectivity index is 0.000000226. The molecule has 1 heterocycles. The molecule has 4 heteroatoms. The van der Waals surface area contributed by atoms with Gasteiger partial charge in [-0.05, 0) is 11.1 Å². The zero-order chi connectivity index (χ0) is 14.8. The van der Waals surface area contributed by atoms with Crippen LogP contribution in [-0.4, -0.2) is 13.2 Å². The number of rotatable bonds is 1. The minimum atomic E-state index is -0.187. The van der Waals surface area contributed by atoms with Gasteiger partial charge in [0.1, 0.15) is 0 Å². The van der Waals surface area contributed by atoms with E-state index in [9.17, 15) is 0 Å². The van der Waals surface area contributed by atoms with Gasteiger partial charge in [0.2, 0.25) is 0 Å². The Kier molecular flexibility index (Phi) is 5.19. The molecule has 0 amide bonds. The summed E-state index contributed by atoms with van der Waals surface area (Å²) >= 11 is 0. The minimum absolute atomic E-state index is 0. The first-order chi connectivity index (χ1) is 10.9. The van der Waals surface area contributed by atoms with E-state index in [1.165, 1.54) is 11.1 Å². The number of hydrogen-bond acceptors (Lipinski definition) is 2. The Morgan fingerprint density at radius 1 is 0.913 bits per heavy atom. The second-order valence-electron chi connectivity index (χ2n) is 5.65. The van der Waals surface area contributed by atoms with Crippen molar-refractivity contribution in [1.29, 1.82) is 0 Å². The molecule has 118 valence electrons. The van der Waals surface area contributed by atoms with E-state index in [0.29, 0.717) is 0 Å². The fourth-order valence-corrected chi connectivity index (χ4v) is 3.15. The summed E-state index contributed by atoms with van der Waals surface area (Å²) in [6.07, 6.45) is 1.27. The topological polar surface area (TPSA) is 18.5 Å². The molecule has 2 nitrogen and oxygen atoms in total. The average Bonchev–Trinajstić information content (AvgIpc) is 3.30. The van der Waals surface area contributed by atoms with Crippen molar-refractivity contribution in [2.75, 3.05) is 0 Å². The summed E-state index contributed by atoms with van der Waals surface area (Å²) < 4.78 is 12.0. The fourth-order valence-electron chi connectivity index (χ4n) is 3.15. The van der Waals surface area contributed by atoms with Crippen LogP contribution in [0, 0.1) is 0 Å². The SMILES string of the molecule is [Fe].c1cc[cH-]c1.c1ccc2c(c1)C[C@H]1OB(c3cc[cH-]c3)O[C@@H]21. The maximum absolute atomic E-state index is 6.03. The van der Waals surface area contributed by atoms with Gasteiger partial charge in [-0.15, -0.1) is 0 Å². The zero-order valence-corrected chi connectivity index (χ0v) is 13.7. The second kappa shape index (κ2) is 7.33. The molecule has 3 aromatic rings. The molecular weight excluding hydrogens is 327 g/mol. The maximum Gasteiger partial charge on any atom is 0.407 e. The van der Waals surface area contributed by atoms with Crippen molar-refractivity contribution in [3.63, 3.8) is 0 Å². The van der Waals surface area contributed by atoms with Crippen LogP contribution in [0.25, 0.3) is 0 Å². The molecule has 0 N–H and O–H groups in total. The molecule has 0 unspecified atom stereocenters. The van der Waals surface area contributed by atoms with E-state index in [4.69, 9.17) is 9.31 Å². The van der Waals surface area contributed by atoms with E-state index < -0.39 is 0 Å². The van der Waals surface area contributed by atoms with Crippen molar-refractivity contribution >= 4 is 12.6 Å². The van der Waals surface area contributed by atoms with Crippen molar-refractivity contribution in [2.24, 2.45) is 0 Å². The van der Waals surface area contributed by atoms with Crippen LogP contribution < -0.4 is 5.46 Å². The Bertz CT molecular complexity index is 692. The minimum Gasteiger partial charge on any atom is -0.412 e. The molecule has 0 saturated carbocycles. The van der Waals surface area contributed by atoms with Crippen LogP contribution in [0.4, 0.5) is 0 Å². The van der Waals surface area contributed by atoms with Gasteiger partial charge >= 0.3 is 7.12 Å². The summed E-state index contributed by atoms with van der Waals surface area (Å²) in [5, 5.41) is 0. The number of fused-ring (bicyclic) bond motifs is 3. The molecule has 5 rings (SSSR count). The van der Waals surface area contributed by atoms with E-state index >= 15 is 0 Å². The smallest absolute Gasteiger partial charge is 0.407 e. The van der Waals surface area contributed by atoms with Gasteiger partial charge in [0.05, 0.1) is 12.2 Å². The summed E-state index contributed by atoms with van der Waals surface area (Å²) in [6, 6.07) is 26.6. The zero-order valence-electron chi connectivity index (χ0n) is 12.6. The molecule has 3 aromatic carbocycles. The monoisotopic (exact) mass is 344 g/mol. The van der Waals surface area contributed by atoms with Crippen molar-refractivity contribution in [3.05, 3.63) is 90.0 Å².